The molecule has 0 aliphatic heterocycles. The zero-order valence-electron chi connectivity index (χ0n) is 11.4. The van der Waals surface area contributed by atoms with Gasteiger partial charge in [0, 0.05) is 22.9 Å². The van der Waals surface area contributed by atoms with Gasteiger partial charge in [-0.25, -0.2) is 0 Å². The summed E-state index contributed by atoms with van der Waals surface area (Å²) in [7, 11) is 0. The number of hydrogen-bond acceptors (Lipinski definition) is 2. The summed E-state index contributed by atoms with van der Waals surface area (Å²) in [5, 5.41) is 0. The summed E-state index contributed by atoms with van der Waals surface area (Å²) in [4.78, 5) is 0. The Morgan fingerprint density at radius 3 is 2.80 bits per heavy atom. The van der Waals surface area contributed by atoms with E-state index in [-0.39, 0.29) is 6.04 Å². The van der Waals surface area contributed by atoms with Gasteiger partial charge in [0.15, 0.2) is 0 Å². The Balaban J connectivity index is 1.57. The van der Waals surface area contributed by atoms with Crippen molar-refractivity contribution in [3.8, 4) is 5.75 Å². The molecule has 3 nitrogen and oxygen atoms in total. The van der Waals surface area contributed by atoms with Crippen LogP contribution in [0.5, 0.6) is 5.75 Å². The van der Waals surface area contributed by atoms with Gasteiger partial charge in [0.05, 0.1) is 6.54 Å². The van der Waals surface area contributed by atoms with Crippen LogP contribution < -0.4 is 10.5 Å². The summed E-state index contributed by atoms with van der Waals surface area (Å²) in [6.45, 7) is 1.53. The second kappa shape index (κ2) is 6.02. The van der Waals surface area contributed by atoms with Crippen LogP contribution in [-0.2, 0) is 13.0 Å². The van der Waals surface area contributed by atoms with Crippen LogP contribution in [0.3, 0.4) is 0 Å². The van der Waals surface area contributed by atoms with E-state index in [1.54, 1.807) is 0 Å². The van der Waals surface area contributed by atoms with E-state index in [0.717, 1.165) is 29.6 Å². The highest BCUT2D eigenvalue weighted by Crippen LogP contribution is 2.28. The molecule has 4 heteroatoms. The maximum Gasteiger partial charge on any atom is 0.119 e. The third-order valence-corrected chi connectivity index (χ3v) is 4.32. The van der Waals surface area contributed by atoms with E-state index >= 15 is 0 Å². The highest BCUT2D eigenvalue weighted by atomic mass is 79.9. The first-order chi connectivity index (χ1) is 9.72. The van der Waals surface area contributed by atoms with Crippen molar-refractivity contribution in [1.29, 1.82) is 0 Å². The predicted molar refractivity (Wildman–Crippen MR) is 83.9 cm³/mol. The minimum absolute atomic E-state index is 0.215. The minimum Gasteiger partial charge on any atom is -0.492 e. The molecule has 0 fully saturated rings. The second-order valence-corrected chi connectivity index (χ2v) is 6.19. The summed E-state index contributed by atoms with van der Waals surface area (Å²) < 4.78 is 9.02. The first kappa shape index (κ1) is 13.7. The van der Waals surface area contributed by atoms with Gasteiger partial charge in [-0.15, -0.1) is 0 Å². The molecule has 0 spiro atoms. The molecule has 1 aromatic heterocycles. The SMILES string of the molecule is NC1CCCc2cn(CCOc3ccc(Br)cc3)cc21. The number of halogens is 1. The van der Waals surface area contributed by atoms with Gasteiger partial charge in [-0.1, -0.05) is 15.9 Å². The van der Waals surface area contributed by atoms with Crippen molar-refractivity contribution in [1.82, 2.24) is 4.57 Å². The molecule has 20 heavy (non-hydrogen) atoms. The third-order valence-electron chi connectivity index (χ3n) is 3.79. The van der Waals surface area contributed by atoms with Gasteiger partial charge in [0.25, 0.3) is 0 Å². The Hall–Kier alpha value is -1.26. The summed E-state index contributed by atoms with van der Waals surface area (Å²) in [5.41, 5.74) is 8.87. The van der Waals surface area contributed by atoms with Gasteiger partial charge in [-0.05, 0) is 54.7 Å². The average molecular weight is 335 g/mol. The number of aryl methyl sites for hydroxylation is 1. The largest absolute Gasteiger partial charge is 0.492 e. The molecule has 1 atom stereocenters. The fourth-order valence-corrected chi connectivity index (χ4v) is 2.98. The number of hydrogen-bond donors (Lipinski definition) is 1. The maximum atomic E-state index is 6.14. The Labute approximate surface area is 127 Å². The van der Waals surface area contributed by atoms with Gasteiger partial charge in [-0.3, -0.25) is 0 Å². The number of benzene rings is 1. The van der Waals surface area contributed by atoms with E-state index in [0.29, 0.717) is 6.61 Å². The fourth-order valence-electron chi connectivity index (χ4n) is 2.71. The molecule has 0 bridgehead atoms. The van der Waals surface area contributed by atoms with Crippen molar-refractivity contribution < 1.29 is 4.74 Å². The molecule has 2 aromatic rings. The number of nitrogens with two attached hydrogens (primary N) is 1. The highest BCUT2D eigenvalue weighted by Gasteiger charge is 2.18. The molecule has 1 aromatic carbocycles. The number of ether oxygens (including phenoxy) is 1. The molecule has 3 rings (SSSR count). The summed E-state index contributed by atoms with van der Waals surface area (Å²) in [5.74, 6) is 0.904. The minimum atomic E-state index is 0.215. The van der Waals surface area contributed by atoms with Crippen molar-refractivity contribution in [3.05, 3.63) is 52.3 Å². The van der Waals surface area contributed by atoms with Gasteiger partial charge >= 0.3 is 0 Å². The molecule has 1 unspecified atom stereocenters. The van der Waals surface area contributed by atoms with Gasteiger partial charge in [0.2, 0.25) is 0 Å². The highest BCUT2D eigenvalue weighted by molar-refractivity contribution is 9.10. The number of fused-ring (bicyclic) bond motifs is 1. The molecule has 106 valence electrons. The average Bonchev–Trinajstić information content (AvgIpc) is 2.85. The Morgan fingerprint density at radius 1 is 1.25 bits per heavy atom. The van der Waals surface area contributed by atoms with Crippen molar-refractivity contribution in [2.75, 3.05) is 6.61 Å². The zero-order valence-corrected chi connectivity index (χ0v) is 13.0. The summed E-state index contributed by atoms with van der Waals surface area (Å²) >= 11 is 3.42. The van der Waals surface area contributed by atoms with E-state index in [4.69, 9.17) is 10.5 Å². The molecule has 0 amide bonds. The molecule has 0 saturated carbocycles. The molecule has 1 heterocycles. The first-order valence-electron chi connectivity index (χ1n) is 7.05. The Kier molecular flexibility index (Phi) is 4.13. The molecule has 0 radical (unpaired) electrons. The van der Waals surface area contributed by atoms with E-state index in [2.05, 4.69) is 32.9 Å². The Morgan fingerprint density at radius 2 is 2.05 bits per heavy atom. The lowest BCUT2D eigenvalue weighted by molar-refractivity contribution is 0.298. The Bertz CT molecular complexity index is 577. The molecular weight excluding hydrogens is 316 g/mol. The van der Waals surface area contributed by atoms with Crippen LogP contribution in [0, 0.1) is 0 Å². The van der Waals surface area contributed by atoms with Crippen LogP contribution in [0.1, 0.15) is 30.0 Å². The van der Waals surface area contributed by atoms with E-state index in [9.17, 15) is 0 Å². The van der Waals surface area contributed by atoms with Crippen molar-refractivity contribution in [2.45, 2.75) is 31.8 Å². The number of nitrogens with zero attached hydrogens (tertiary/aromatic N) is 1. The standard InChI is InChI=1S/C16H19BrN2O/c17-13-4-6-14(7-5-13)20-9-8-19-10-12-2-1-3-16(18)15(12)11-19/h4-7,10-11,16H,1-3,8-9,18H2. The van der Waals surface area contributed by atoms with E-state index in [1.807, 2.05) is 24.3 Å². The lowest BCUT2D eigenvalue weighted by Crippen LogP contribution is -2.15. The van der Waals surface area contributed by atoms with Gasteiger partial charge < -0.3 is 15.0 Å². The van der Waals surface area contributed by atoms with Crippen LogP contribution in [-0.4, -0.2) is 11.2 Å². The van der Waals surface area contributed by atoms with Crippen LogP contribution in [0.4, 0.5) is 0 Å². The molecule has 2 N–H and O–H groups in total. The monoisotopic (exact) mass is 334 g/mol. The maximum absolute atomic E-state index is 6.14. The van der Waals surface area contributed by atoms with Crippen LogP contribution in [0.15, 0.2) is 41.1 Å². The first-order valence-corrected chi connectivity index (χ1v) is 7.84. The van der Waals surface area contributed by atoms with Crippen LogP contribution in [0.2, 0.25) is 0 Å². The molecule has 0 saturated heterocycles. The lowest BCUT2D eigenvalue weighted by Gasteiger charge is -2.17. The smallest absolute Gasteiger partial charge is 0.119 e. The molecule has 1 aliphatic carbocycles. The van der Waals surface area contributed by atoms with Gasteiger partial charge in [0.1, 0.15) is 12.4 Å². The quantitative estimate of drug-likeness (QED) is 0.926. The molecule has 1 aliphatic rings. The number of rotatable bonds is 4. The third kappa shape index (κ3) is 3.07. The van der Waals surface area contributed by atoms with Crippen molar-refractivity contribution >= 4 is 15.9 Å². The fraction of sp³-hybridized carbons (Fsp3) is 0.375. The lowest BCUT2D eigenvalue weighted by atomic mass is 9.92. The van der Waals surface area contributed by atoms with E-state index in [1.165, 1.54) is 17.5 Å². The number of aromatic nitrogens is 1. The predicted octanol–water partition coefficient (Wildman–Crippen LogP) is 3.67. The molecular formula is C16H19BrN2O. The van der Waals surface area contributed by atoms with Crippen molar-refractivity contribution in [3.63, 3.8) is 0 Å². The van der Waals surface area contributed by atoms with Crippen LogP contribution >= 0.6 is 15.9 Å². The van der Waals surface area contributed by atoms with Crippen LogP contribution in [0.25, 0.3) is 0 Å². The summed E-state index contributed by atoms with van der Waals surface area (Å²) in [6, 6.07) is 8.14. The van der Waals surface area contributed by atoms with Gasteiger partial charge in [-0.2, -0.15) is 0 Å². The van der Waals surface area contributed by atoms with Crippen molar-refractivity contribution in [2.24, 2.45) is 5.73 Å². The second-order valence-electron chi connectivity index (χ2n) is 5.28. The summed E-state index contributed by atoms with van der Waals surface area (Å²) in [6.07, 6.45) is 7.87. The topological polar surface area (TPSA) is 40.2 Å². The zero-order chi connectivity index (χ0) is 13.9. The normalized spacial score (nSPS) is 17.8. The van der Waals surface area contributed by atoms with E-state index < -0.39 is 0 Å².